The number of hydrogen-bond donors (Lipinski definition) is 1. The van der Waals surface area contributed by atoms with Crippen molar-refractivity contribution in [3.63, 3.8) is 0 Å². The van der Waals surface area contributed by atoms with E-state index < -0.39 is 40.8 Å². The molecule has 37 heavy (non-hydrogen) atoms. The number of nitrogens with one attached hydrogen (secondary N) is 1. The number of fused-ring (bicyclic) bond motifs is 1. The van der Waals surface area contributed by atoms with Crippen molar-refractivity contribution in [2.45, 2.75) is 32.4 Å². The van der Waals surface area contributed by atoms with Crippen molar-refractivity contribution in [1.29, 1.82) is 0 Å². The van der Waals surface area contributed by atoms with Crippen molar-refractivity contribution in [2.24, 2.45) is 0 Å². The number of benzene rings is 2. The zero-order chi connectivity index (χ0) is 26.9. The van der Waals surface area contributed by atoms with Crippen LogP contribution in [0.5, 0.6) is 0 Å². The molecular weight excluding hydrogens is 495 g/mol. The number of nitro benzene ring substituents is 1. The van der Waals surface area contributed by atoms with Gasteiger partial charge in [-0.05, 0) is 19.9 Å². The van der Waals surface area contributed by atoms with Gasteiger partial charge in [-0.25, -0.2) is 27.9 Å². The molecule has 3 aromatic rings. The maximum Gasteiger partial charge on any atom is 0.330 e. The molecule has 4 rings (SSSR count). The molecule has 0 radical (unpaired) electrons. The normalized spacial score (nSPS) is 16.6. The number of aryl methyl sites for hydroxylation is 1. The van der Waals surface area contributed by atoms with Crippen LogP contribution in [0.3, 0.4) is 0 Å². The summed E-state index contributed by atoms with van der Waals surface area (Å²) >= 11 is 0. The molecule has 0 amide bonds. The monoisotopic (exact) mass is 519 g/mol. The van der Waals surface area contributed by atoms with E-state index in [2.05, 4.69) is 15.3 Å². The number of halogens is 3. The largest absolute Gasteiger partial charge is 0.467 e. The van der Waals surface area contributed by atoms with Gasteiger partial charge >= 0.3 is 5.97 Å². The fourth-order valence-electron chi connectivity index (χ4n) is 4.33. The van der Waals surface area contributed by atoms with Crippen molar-refractivity contribution >= 4 is 34.1 Å². The maximum atomic E-state index is 14.7. The van der Waals surface area contributed by atoms with Crippen LogP contribution in [0.2, 0.25) is 0 Å². The van der Waals surface area contributed by atoms with Crippen LogP contribution >= 0.6 is 0 Å². The molecule has 1 unspecified atom stereocenters. The van der Waals surface area contributed by atoms with Crippen LogP contribution in [0.25, 0.3) is 10.9 Å². The molecule has 0 aliphatic carbocycles. The van der Waals surface area contributed by atoms with Crippen LogP contribution in [0.1, 0.15) is 36.3 Å². The second-order valence-corrected chi connectivity index (χ2v) is 8.46. The second-order valence-electron chi connectivity index (χ2n) is 8.46. The molecule has 2 heterocycles. The van der Waals surface area contributed by atoms with Crippen molar-refractivity contribution in [3.8, 4) is 0 Å². The first kappa shape index (κ1) is 26.1. The molecule has 0 spiro atoms. The Morgan fingerprint density at radius 3 is 2.70 bits per heavy atom. The Balaban J connectivity index is 1.80. The lowest BCUT2D eigenvalue weighted by Crippen LogP contribution is -2.50. The number of methoxy groups -OCH3 is 1. The van der Waals surface area contributed by atoms with E-state index in [1.807, 2.05) is 0 Å². The Labute approximate surface area is 209 Å². The summed E-state index contributed by atoms with van der Waals surface area (Å²) in [6, 6.07) is 4.78. The third-order valence-electron chi connectivity index (χ3n) is 6.13. The molecule has 0 saturated carbocycles. The summed E-state index contributed by atoms with van der Waals surface area (Å²) in [5.74, 6) is -1.16. The van der Waals surface area contributed by atoms with Gasteiger partial charge in [0.25, 0.3) is 12.1 Å². The van der Waals surface area contributed by atoms with E-state index in [1.54, 1.807) is 18.7 Å². The van der Waals surface area contributed by atoms with E-state index in [9.17, 15) is 28.1 Å². The van der Waals surface area contributed by atoms with E-state index in [-0.39, 0.29) is 47.9 Å². The smallest absolute Gasteiger partial charge is 0.330 e. The standard InChI is InChI=1S/C24H24F3N5O5/c1-12(14-5-4-6-15(21(14)25)22(26)27)28-23-16-9-19(32(34)35)18(10-17(16)29-13(2)30-23)31-7-8-37-11-20(31)24(33)36-3/h4-6,9-10,12,20,22H,7-8,11H2,1-3H3,(H,28,29,30)/t12-,20?/m1/s1. The molecule has 2 aromatic carbocycles. The number of ether oxygens (including phenoxy) is 2. The van der Waals surface area contributed by atoms with Gasteiger partial charge in [0.2, 0.25) is 0 Å². The van der Waals surface area contributed by atoms with Crippen LogP contribution < -0.4 is 10.2 Å². The van der Waals surface area contributed by atoms with Gasteiger partial charge in [0, 0.05) is 23.6 Å². The van der Waals surface area contributed by atoms with Gasteiger partial charge in [0.1, 0.15) is 23.1 Å². The Morgan fingerprint density at radius 2 is 2.03 bits per heavy atom. The van der Waals surface area contributed by atoms with Gasteiger partial charge in [-0.1, -0.05) is 18.2 Å². The number of carbonyl (C=O) groups is 1. The van der Waals surface area contributed by atoms with E-state index >= 15 is 0 Å². The van der Waals surface area contributed by atoms with E-state index in [4.69, 9.17) is 9.47 Å². The Kier molecular flexibility index (Phi) is 7.43. The highest BCUT2D eigenvalue weighted by molar-refractivity contribution is 5.96. The average molecular weight is 519 g/mol. The molecule has 0 bridgehead atoms. The molecule has 2 atom stereocenters. The van der Waals surface area contributed by atoms with Crippen LogP contribution in [-0.2, 0) is 14.3 Å². The van der Waals surface area contributed by atoms with Crippen molar-refractivity contribution in [2.75, 3.05) is 37.1 Å². The number of alkyl halides is 2. The van der Waals surface area contributed by atoms with Crippen LogP contribution in [-0.4, -0.2) is 53.8 Å². The number of rotatable bonds is 7. The predicted molar refractivity (Wildman–Crippen MR) is 128 cm³/mol. The maximum absolute atomic E-state index is 14.7. The third-order valence-corrected chi connectivity index (χ3v) is 6.13. The van der Waals surface area contributed by atoms with Crippen LogP contribution in [0.15, 0.2) is 30.3 Å². The summed E-state index contributed by atoms with van der Waals surface area (Å²) in [5, 5.41) is 15.3. The van der Waals surface area contributed by atoms with Crippen molar-refractivity contribution < 1.29 is 32.4 Å². The fraction of sp³-hybridized carbons (Fsp3) is 0.375. The Bertz CT molecular complexity index is 1360. The highest BCUT2D eigenvalue weighted by atomic mass is 19.3. The number of anilines is 2. The number of nitrogens with zero attached hydrogens (tertiary/aromatic N) is 4. The molecule has 1 aliphatic heterocycles. The molecule has 1 N–H and O–H groups in total. The quantitative estimate of drug-likeness (QED) is 0.274. The molecule has 1 saturated heterocycles. The highest BCUT2D eigenvalue weighted by Crippen LogP contribution is 2.38. The van der Waals surface area contributed by atoms with Crippen LogP contribution in [0.4, 0.5) is 30.4 Å². The number of esters is 1. The average Bonchev–Trinajstić information content (AvgIpc) is 2.87. The number of morpholine rings is 1. The molecule has 13 heteroatoms. The van der Waals surface area contributed by atoms with Gasteiger partial charge in [0.15, 0.2) is 6.04 Å². The first-order chi connectivity index (χ1) is 17.6. The number of hydrogen-bond acceptors (Lipinski definition) is 9. The van der Waals surface area contributed by atoms with Crippen molar-refractivity contribution in [3.05, 3.63) is 63.2 Å². The lowest BCUT2D eigenvalue weighted by molar-refractivity contribution is -0.384. The molecular formula is C24H24F3N5O5. The topological polar surface area (TPSA) is 120 Å². The predicted octanol–water partition coefficient (Wildman–Crippen LogP) is 4.47. The molecule has 1 aliphatic rings. The van der Waals surface area contributed by atoms with Gasteiger partial charge in [0.05, 0.1) is 42.4 Å². The minimum atomic E-state index is -2.98. The first-order valence-corrected chi connectivity index (χ1v) is 11.3. The SMILES string of the molecule is COC(=O)C1COCCN1c1cc2nc(C)nc(N[C@H](C)c3cccc(C(F)F)c3F)c2cc1[N+](=O)[O-]. The van der Waals surface area contributed by atoms with Gasteiger partial charge < -0.3 is 19.7 Å². The fourth-order valence-corrected chi connectivity index (χ4v) is 4.33. The number of nitro groups is 1. The Hall–Kier alpha value is -4.00. The van der Waals surface area contributed by atoms with E-state index in [0.717, 1.165) is 6.07 Å². The first-order valence-electron chi connectivity index (χ1n) is 11.3. The summed E-state index contributed by atoms with van der Waals surface area (Å²) < 4.78 is 51.3. The third kappa shape index (κ3) is 5.12. The molecule has 196 valence electrons. The van der Waals surface area contributed by atoms with Gasteiger partial charge in [-0.2, -0.15) is 0 Å². The van der Waals surface area contributed by atoms with Gasteiger partial charge in [-0.15, -0.1) is 0 Å². The number of aromatic nitrogens is 2. The zero-order valence-corrected chi connectivity index (χ0v) is 20.2. The second kappa shape index (κ2) is 10.5. The summed E-state index contributed by atoms with van der Waals surface area (Å²) in [7, 11) is 1.22. The lowest BCUT2D eigenvalue weighted by atomic mass is 10.0. The highest BCUT2D eigenvalue weighted by Gasteiger charge is 2.35. The summed E-state index contributed by atoms with van der Waals surface area (Å²) in [5.41, 5.74) is -0.551. The van der Waals surface area contributed by atoms with E-state index in [0.29, 0.717) is 11.3 Å². The molecule has 1 fully saturated rings. The number of carbonyl (C=O) groups excluding carboxylic acids is 1. The Morgan fingerprint density at radius 1 is 1.30 bits per heavy atom. The van der Waals surface area contributed by atoms with Crippen LogP contribution in [0, 0.1) is 22.9 Å². The summed E-state index contributed by atoms with van der Waals surface area (Å²) in [6.45, 7) is 3.63. The zero-order valence-electron chi connectivity index (χ0n) is 20.2. The van der Waals surface area contributed by atoms with Gasteiger partial charge in [-0.3, -0.25) is 10.1 Å². The molecule has 1 aromatic heterocycles. The summed E-state index contributed by atoms with van der Waals surface area (Å²) in [6.07, 6.45) is -2.98. The van der Waals surface area contributed by atoms with Crippen molar-refractivity contribution in [1.82, 2.24) is 9.97 Å². The minimum absolute atomic E-state index is 0.00175. The molecule has 10 nitrogen and oxygen atoms in total. The summed E-state index contributed by atoms with van der Waals surface area (Å²) in [4.78, 5) is 34.1. The minimum Gasteiger partial charge on any atom is -0.467 e. The lowest BCUT2D eigenvalue weighted by Gasteiger charge is -2.35. The van der Waals surface area contributed by atoms with E-state index in [1.165, 1.54) is 31.4 Å².